The lowest BCUT2D eigenvalue weighted by Gasteiger charge is -2.12. The van der Waals surface area contributed by atoms with Crippen molar-refractivity contribution in [3.05, 3.63) is 89.5 Å². The number of carbonyl (C=O) groups is 1. The van der Waals surface area contributed by atoms with E-state index < -0.39 is 6.10 Å². The van der Waals surface area contributed by atoms with Gasteiger partial charge in [-0.1, -0.05) is 42.5 Å². The van der Waals surface area contributed by atoms with Crippen LogP contribution < -0.4 is 19.6 Å². The first-order chi connectivity index (χ1) is 17.1. The molecule has 7 nitrogen and oxygen atoms in total. The van der Waals surface area contributed by atoms with Gasteiger partial charge in [0.1, 0.15) is 12.4 Å². The number of benzene rings is 3. The van der Waals surface area contributed by atoms with Crippen LogP contribution in [0.15, 0.2) is 77.9 Å². The predicted molar refractivity (Wildman–Crippen MR) is 136 cm³/mol. The second-order valence-corrected chi connectivity index (χ2v) is 7.76. The number of hydrogen-bond donors (Lipinski definition) is 2. The molecule has 3 aromatic carbocycles. The van der Waals surface area contributed by atoms with Gasteiger partial charge in [-0.25, -0.2) is 5.43 Å². The molecular formula is C28H32N2O5. The van der Waals surface area contributed by atoms with E-state index in [-0.39, 0.29) is 18.7 Å². The van der Waals surface area contributed by atoms with E-state index in [2.05, 4.69) is 10.5 Å². The van der Waals surface area contributed by atoms with Crippen LogP contribution in [0.5, 0.6) is 17.2 Å². The molecule has 0 saturated heterocycles. The lowest BCUT2D eigenvalue weighted by Crippen LogP contribution is -2.18. The van der Waals surface area contributed by atoms with Gasteiger partial charge in [-0.15, -0.1) is 0 Å². The number of hydrogen-bond acceptors (Lipinski definition) is 6. The second kappa shape index (κ2) is 13.8. The maximum atomic E-state index is 12.2. The van der Waals surface area contributed by atoms with Gasteiger partial charge in [0.15, 0.2) is 11.5 Å². The number of amides is 1. The van der Waals surface area contributed by atoms with E-state index in [9.17, 15) is 9.90 Å². The first kappa shape index (κ1) is 25.8. The Balaban J connectivity index is 1.49. The molecule has 3 aromatic rings. The smallest absolute Gasteiger partial charge is 0.240 e. The zero-order valence-corrected chi connectivity index (χ0v) is 20.1. The Hall–Kier alpha value is -3.84. The van der Waals surface area contributed by atoms with Gasteiger partial charge in [0.2, 0.25) is 5.91 Å². The Morgan fingerprint density at radius 1 is 0.943 bits per heavy atom. The van der Waals surface area contributed by atoms with Crippen LogP contribution in [0, 0.1) is 0 Å². The summed E-state index contributed by atoms with van der Waals surface area (Å²) in [5.41, 5.74) is 5.07. The maximum absolute atomic E-state index is 12.2. The quantitative estimate of drug-likeness (QED) is 0.267. The average Bonchev–Trinajstić information content (AvgIpc) is 2.88. The number of rotatable bonds is 13. The van der Waals surface area contributed by atoms with E-state index in [0.717, 1.165) is 22.4 Å². The first-order valence-electron chi connectivity index (χ1n) is 11.7. The highest BCUT2D eigenvalue weighted by atomic mass is 16.5. The molecule has 0 aliphatic heterocycles. The minimum Gasteiger partial charge on any atom is -0.494 e. The number of aliphatic hydroxyl groups excluding tert-OH is 1. The van der Waals surface area contributed by atoms with Crippen molar-refractivity contribution in [1.82, 2.24) is 5.43 Å². The molecule has 0 bridgehead atoms. The Labute approximate surface area is 206 Å². The van der Waals surface area contributed by atoms with Crippen molar-refractivity contribution in [2.24, 2.45) is 5.10 Å². The molecule has 184 valence electrons. The average molecular weight is 477 g/mol. The summed E-state index contributed by atoms with van der Waals surface area (Å²) >= 11 is 0. The number of carbonyl (C=O) groups excluding carboxylic acids is 1. The van der Waals surface area contributed by atoms with Crippen LogP contribution in [0.2, 0.25) is 0 Å². The molecule has 2 N–H and O–H groups in total. The van der Waals surface area contributed by atoms with E-state index >= 15 is 0 Å². The van der Waals surface area contributed by atoms with Crippen LogP contribution in [-0.2, 0) is 11.4 Å². The van der Waals surface area contributed by atoms with E-state index in [0.29, 0.717) is 31.3 Å². The third-order valence-electron chi connectivity index (χ3n) is 5.13. The highest BCUT2D eigenvalue weighted by Gasteiger charge is 2.11. The summed E-state index contributed by atoms with van der Waals surface area (Å²) in [6.45, 7) is 5.34. The minimum absolute atomic E-state index is 0.141. The molecular weight excluding hydrogens is 444 g/mol. The van der Waals surface area contributed by atoms with Crippen molar-refractivity contribution in [3.63, 3.8) is 0 Å². The van der Waals surface area contributed by atoms with E-state index in [1.54, 1.807) is 30.5 Å². The standard InChI is InChI=1S/C28H32N2O5/c1-3-33-24-13-11-23(12-14-24)25(31)15-17-28(32)30-29-19-22-10-16-26(27(18-22)34-4-2)35-20-21-8-6-5-7-9-21/h5-14,16,18-19,25,31H,3-4,15,17,20H2,1-2H3,(H,30,32)/b29-19-/t25-/m1/s1. The molecule has 0 aliphatic rings. The summed E-state index contributed by atoms with van der Waals surface area (Å²) in [4.78, 5) is 12.2. The highest BCUT2D eigenvalue weighted by molar-refractivity contribution is 5.83. The minimum atomic E-state index is -0.738. The molecule has 35 heavy (non-hydrogen) atoms. The van der Waals surface area contributed by atoms with Gasteiger partial charge in [-0.05, 0) is 67.3 Å². The van der Waals surface area contributed by atoms with Crippen LogP contribution in [0.3, 0.4) is 0 Å². The molecule has 3 rings (SSSR count). The lowest BCUT2D eigenvalue weighted by molar-refractivity contribution is -0.121. The molecule has 0 aromatic heterocycles. The number of ether oxygens (including phenoxy) is 3. The summed E-state index contributed by atoms with van der Waals surface area (Å²) in [6.07, 6.45) is 1.24. The van der Waals surface area contributed by atoms with Gasteiger partial charge in [-0.3, -0.25) is 4.79 Å². The van der Waals surface area contributed by atoms with E-state index in [1.807, 2.05) is 62.4 Å². The summed E-state index contributed by atoms with van der Waals surface area (Å²) in [7, 11) is 0. The van der Waals surface area contributed by atoms with Crippen LogP contribution >= 0.6 is 0 Å². The molecule has 1 atom stereocenters. The number of nitrogens with one attached hydrogen (secondary N) is 1. The zero-order chi connectivity index (χ0) is 24.9. The number of aliphatic hydroxyl groups is 1. The van der Waals surface area contributed by atoms with Crippen molar-refractivity contribution < 1.29 is 24.1 Å². The van der Waals surface area contributed by atoms with E-state index in [4.69, 9.17) is 14.2 Å². The highest BCUT2D eigenvalue weighted by Crippen LogP contribution is 2.29. The lowest BCUT2D eigenvalue weighted by atomic mass is 10.0. The largest absolute Gasteiger partial charge is 0.494 e. The predicted octanol–water partition coefficient (Wildman–Crippen LogP) is 5.03. The Bertz CT molecular complexity index is 1080. The van der Waals surface area contributed by atoms with Crippen LogP contribution in [0.1, 0.15) is 49.5 Å². The van der Waals surface area contributed by atoms with Crippen molar-refractivity contribution in [1.29, 1.82) is 0 Å². The maximum Gasteiger partial charge on any atom is 0.240 e. The summed E-state index contributed by atoms with van der Waals surface area (Å²) in [5, 5.41) is 14.4. The summed E-state index contributed by atoms with van der Waals surface area (Å²) < 4.78 is 17.0. The number of hydrazone groups is 1. The molecule has 0 unspecified atom stereocenters. The number of nitrogens with zero attached hydrogens (tertiary/aromatic N) is 1. The molecule has 0 aliphatic carbocycles. The monoisotopic (exact) mass is 476 g/mol. The van der Waals surface area contributed by atoms with E-state index in [1.165, 1.54) is 0 Å². The molecule has 0 saturated carbocycles. The molecule has 1 amide bonds. The topological polar surface area (TPSA) is 89.4 Å². The van der Waals surface area contributed by atoms with Crippen molar-refractivity contribution in [2.45, 2.75) is 39.4 Å². The van der Waals surface area contributed by atoms with Crippen molar-refractivity contribution in [2.75, 3.05) is 13.2 Å². The fourth-order valence-electron chi connectivity index (χ4n) is 3.35. The van der Waals surface area contributed by atoms with Crippen LogP contribution in [-0.4, -0.2) is 30.4 Å². The zero-order valence-electron chi connectivity index (χ0n) is 20.1. The molecule has 0 spiro atoms. The van der Waals surface area contributed by atoms with Gasteiger partial charge in [0, 0.05) is 6.42 Å². The van der Waals surface area contributed by atoms with Crippen LogP contribution in [0.25, 0.3) is 0 Å². The Morgan fingerprint density at radius 3 is 2.40 bits per heavy atom. The van der Waals surface area contributed by atoms with Crippen molar-refractivity contribution in [3.8, 4) is 17.2 Å². The van der Waals surface area contributed by atoms with Gasteiger partial charge >= 0.3 is 0 Å². The van der Waals surface area contributed by atoms with Gasteiger partial charge in [0.25, 0.3) is 0 Å². The van der Waals surface area contributed by atoms with Gasteiger partial charge in [-0.2, -0.15) is 5.10 Å². The van der Waals surface area contributed by atoms with Crippen molar-refractivity contribution >= 4 is 12.1 Å². The van der Waals surface area contributed by atoms with Crippen LogP contribution in [0.4, 0.5) is 0 Å². The fourth-order valence-corrected chi connectivity index (χ4v) is 3.35. The third kappa shape index (κ3) is 8.46. The molecule has 7 heteroatoms. The van der Waals surface area contributed by atoms with Gasteiger partial charge in [0.05, 0.1) is 25.5 Å². The SMILES string of the molecule is CCOc1ccc([C@H](O)CCC(=O)N/N=C\c2ccc(OCc3ccccc3)c(OCC)c2)cc1. The molecule has 0 fully saturated rings. The second-order valence-electron chi connectivity index (χ2n) is 7.76. The Morgan fingerprint density at radius 2 is 1.69 bits per heavy atom. The summed E-state index contributed by atoms with van der Waals surface area (Å²) in [5.74, 6) is 1.72. The molecule has 0 heterocycles. The fraction of sp³-hybridized carbons (Fsp3) is 0.286. The normalized spacial score (nSPS) is 11.7. The summed E-state index contributed by atoms with van der Waals surface area (Å²) in [6, 6.07) is 22.6. The Kier molecular flexibility index (Phi) is 10.1. The van der Waals surface area contributed by atoms with Gasteiger partial charge < -0.3 is 19.3 Å². The molecule has 0 radical (unpaired) electrons. The first-order valence-corrected chi connectivity index (χ1v) is 11.7. The third-order valence-corrected chi connectivity index (χ3v) is 5.13.